The van der Waals surface area contributed by atoms with Crippen molar-refractivity contribution in [1.82, 2.24) is 0 Å². The second-order valence-corrected chi connectivity index (χ2v) is 8.31. The second kappa shape index (κ2) is 10.9. The van der Waals surface area contributed by atoms with Crippen LogP contribution in [0, 0.1) is 13.8 Å². The molecular formula is C30H30O4. The van der Waals surface area contributed by atoms with Crippen molar-refractivity contribution in [2.75, 3.05) is 6.61 Å². The maximum Gasteiger partial charge on any atom is 0.163 e. The zero-order valence-electron chi connectivity index (χ0n) is 20.0. The van der Waals surface area contributed by atoms with Crippen molar-refractivity contribution < 1.29 is 18.7 Å². The lowest BCUT2D eigenvalue weighted by Gasteiger charge is -2.13. The highest BCUT2D eigenvalue weighted by atomic mass is 16.5. The molecule has 0 saturated heterocycles. The van der Waals surface area contributed by atoms with Gasteiger partial charge in [0, 0.05) is 35.6 Å². The van der Waals surface area contributed by atoms with Gasteiger partial charge in [0.05, 0.1) is 6.61 Å². The lowest BCUT2D eigenvalue weighted by molar-refractivity contribution is 0.0985. The van der Waals surface area contributed by atoms with Crippen LogP contribution in [-0.2, 0) is 13.0 Å². The number of carbonyl (C=O) groups is 1. The molecule has 0 aliphatic rings. The van der Waals surface area contributed by atoms with E-state index in [9.17, 15) is 4.79 Å². The SMILES string of the molecule is CCC(=O)c1c(C)cccc1COc1cccc(OCCc2cc(-c3ccccc3)oc2C)c1. The van der Waals surface area contributed by atoms with Gasteiger partial charge in [0.2, 0.25) is 0 Å². The van der Waals surface area contributed by atoms with Crippen molar-refractivity contribution in [1.29, 1.82) is 0 Å². The predicted octanol–water partition coefficient (Wildman–Crippen LogP) is 7.36. The van der Waals surface area contributed by atoms with Gasteiger partial charge in [-0.3, -0.25) is 4.79 Å². The molecule has 4 rings (SSSR count). The summed E-state index contributed by atoms with van der Waals surface area (Å²) in [5, 5.41) is 0. The summed E-state index contributed by atoms with van der Waals surface area (Å²) in [6.07, 6.45) is 1.23. The van der Waals surface area contributed by atoms with Crippen molar-refractivity contribution in [2.45, 2.75) is 40.2 Å². The van der Waals surface area contributed by atoms with E-state index in [0.717, 1.165) is 51.5 Å². The first-order valence-corrected chi connectivity index (χ1v) is 11.7. The van der Waals surface area contributed by atoms with Crippen molar-refractivity contribution in [3.8, 4) is 22.8 Å². The first-order valence-electron chi connectivity index (χ1n) is 11.7. The van der Waals surface area contributed by atoms with Gasteiger partial charge in [-0.2, -0.15) is 0 Å². The number of hydrogen-bond acceptors (Lipinski definition) is 4. The van der Waals surface area contributed by atoms with E-state index in [1.165, 1.54) is 0 Å². The Morgan fingerprint density at radius 2 is 1.56 bits per heavy atom. The van der Waals surface area contributed by atoms with Crippen LogP contribution in [0.15, 0.2) is 83.3 Å². The molecule has 0 unspecified atom stereocenters. The first kappa shape index (κ1) is 23.4. The molecule has 4 heteroatoms. The Bertz CT molecular complexity index is 1250. The Morgan fingerprint density at radius 1 is 0.824 bits per heavy atom. The van der Waals surface area contributed by atoms with Gasteiger partial charge in [0.1, 0.15) is 29.6 Å². The van der Waals surface area contributed by atoms with Crippen LogP contribution in [0.25, 0.3) is 11.3 Å². The minimum absolute atomic E-state index is 0.138. The van der Waals surface area contributed by atoms with Gasteiger partial charge >= 0.3 is 0 Å². The standard InChI is InChI=1S/C30H30O4/c1-4-28(31)30-21(2)10-8-13-25(30)20-33-27-15-9-14-26(19-27)32-17-16-24-18-29(34-22(24)3)23-11-6-5-7-12-23/h5-15,18-19H,4,16-17,20H2,1-3H3. The molecular weight excluding hydrogens is 424 g/mol. The molecule has 0 saturated carbocycles. The number of benzene rings is 3. The van der Waals surface area contributed by atoms with Crippen molar-refractivity contribution in [2.24, 2.45) is 0 Å². The summed E-state index contributed by atoms with van der Waals surface area (Å²) in [6.45, 7) is 6.70. The lowest BCUT2D eigenvalue weighted by Crippen LogP contribution is -2.08. The highest BCUT2D eigenvalue weighted by molar-refractivity contribution is 5.98. The molecule has 0 N–H and O–H groups in total. The predicted molar refractivity (Wildman–Crippen MR) is 135 cm³/mol. The second-order valence-electron chi connectivity index (χ2n) is 8.31. The van der Waals surface area contributed by atoms with Crippen molar-refractivity contribution in [3.63, 3.8) is 0 Å². The number of ether oxygens (including phenoxy) is 2. The summed E-state index contributed by atoms with van der Waals surface area (Å²) in [6, 6.07) is 25.7. The Kier molecular flexibility index (Phi) is 7.48. The van der Waals surface area contributed by atoms with Gasteiger partial charge in [0.25, 0.3) is 0 Å². The van der Waals surface area contributed by atoms with Crippen LogP contribution in [-0.4, -0.2) is 12.4 Å². The fourth-order valence-corrected chi connectivity index (χ4v) is 4.03. The average molecular weight is 455 g/mol. The first-order chi connectivity index (χ1) is 16.5. The number of furan rings is 1. The Balaban J connectivity index is 1.36. The molecule has 0 fully saturated rings. The molecule has 0 bridgehead atoms. The molecule has 0 spiro atoms. The third-order valence-corrected chi connectivity index (χ3v) is 5.88. The number of hydrogen-bond donors (Lipinski definition) is 0. The quantitative estimate of drug-likeness (QED) is 0.235. The highest BCUT2D eigenvalue weighted by Gasteiger charge is 2.13. The summed E-state index contributed by atoms with van der Waals surface area (Å²) < 4.78 is 17.9. The summed E-state index contributed by atoms with van der Waals surface area (Å²) in [7, 11) is 0. The van der Waals surface area contributed by atoms with Crippen molar-refractivity contribution in [3.05, 3.63) is 107 Å². The average Bonchev–Trinajstić information content (AvgIpc) is 3.23. The molecule has 0 atom stereocenters. The summed E-state index contributed by atoms with van der Waals surface area (Å²) in [4.78, 5) is 12.4. The Hall–Kier alpha value is -3.79. The van der Waals surface area contributed by atoms with Crippen LogP contribution in [0.3, 0.4) is 0 Å². The molecule has 0 amide bonds. The fraction of sp³-hybridized carbons (Fsp3) is 0.233. The molecule has 0 radical (unpaired) electrons. The summed E-state index contributed by atoms with van der Waals surface area (Å²) in [5.74, 6) is 3.38. The van der Waals surface area contributed by atoms with Crippen LogP contribution in [0.2, 0.25) is 0 Å². The molecule has 4 nitrogen and oxygen atoms in total. The van der Waals surface area contributed by atoms with Gasteiger partial charge in [0.15, 0.2) is 5.78 Å². The number of ketones is 1. The van der Waals surface area contributed by atoms with Crippen LogP contribution >= 0.6 is 0 Å². The number of carbonyl (C=O) groups excluding carboxylic acids is 1. The molecule has 174 valence electrons. The molecule has 0 aliphatic heterocycles. The molecule has 1 heterocycles. The normalized spacial score (nSPS) is 10.8. The molecule has 3 aromatic carbocycles. The number of aryl methyl sites for hydroxylation is 2. The monoisotopic (exact) mass is 454 g/mol. The minimum atomic E-state index is 0.138. The maximum absolute atomic E-state index is 12.4. The van der Waals surface area contributed by atoms with Crippen LogP contribution in [0.1, 0.15) is 46.2 Å². The molecule has 0 aliphatic carbocycles. The van der Waals surface area contributed by atoms with Gasteiger partial charge in [-0.1, -0.05) is 61.5 Å². The largest absolute Gasteiger partial charge is 0.493 e. The fourth-order valence-electron chi connectivity index (χ4n) is 4.03. The zero-order chi connectivity index (χ0) is 23.9. The third kappa shape index (κ3) is 5.57. The van der Waals surface area contributed by atoms with E-state index in [2.05, 4.69) is 6.07 Å². The van der Waals surface area contributed by atoms with E-state index in [0.29, 0.717) is 25.4 Å². The van der Waals surface area contributed by atoms with E-state index < -0.39 is 0 Å². The van der Waals surface area contributed by atoms with Gasteiger partial charge in [-0.25, -0.2) is 0 Å². The third-order valence-electron chi connectivity index (χ3n) is 5.88. The van der Waals surface area contributed by atoms with Gasteiger partial charge < -0.3 is 13.9 Å². The van der Waals surface area contributed by atoms with Crippen molar-refractivity contribution >= 4 is 5.78 Å². The van der Waals surface area contributed by atoms with Gasteiger partial charge in [-0.05, 0) is 43.2 Å². The van der Waals surface area contributed by atoms with Crippen LogP contribution in [0.4, 0.5) is 0 Å². The lowest BCUT2D eigenvalue weighted by atomic mass is 9.97. The Labute approximate surface area is 201 Å². The number of rotatable bonds is 10. The van der Waals surface area contributed by atoms with E-state index >= 15 is 0 Å². The van der Waals surface area contributed by atoms with E-state index in [1.807, 2.05) is 93.6 Å². The smallest absolute Gasteiger partial charge is 0.163 e. The zero-order valence-corrected chi connectivity index (χ0v) is 20.0. The molecule has 4 aromatic rings. The number of Topliss-reactive ketones (excluding diaryl/α,β-unsaturated/α-hetero) is 1. The summed E-state index contributed by atoms with van der Waals surface area (Å²) in [5.41, 5.74) is 4.86. The maximum atomic E-state index is 12.4. The molecule has 1 aromatic heterocycles. The topological polar surface area (TPSA) is 48.7 Å². The van der Waals surface area contributed by atoms with E-state index in [1.54, 1.807) is 0 Å². The summed E-state index contributed by atoms with van der Waals surface area (Å²) >= 11 is 0. The van der Waals surface area contributed by atoms with E-state index in [-0.39, 0.29) is 5.78 Å². The van der Waals surface area contributed by atoms with Gasteiger partial charge in [-0.15, -0.1) is 0 Å². The van der Waals surface area contributed by atoms with Crippen LogP contribution in [0.5, 0.6) is 11.5 Å². The van der Waals surface area contributed by atoms with Crippen LogP contribution < -0.4 is 9.47 Å². The molecule has 34 heavy (non-hydrogen) atoms. The minimum Gasteiger partial charge on any atom is -0.493 e. The Morgan fingerprint density at radius 3 is 2.32 bits per heavy atom. The highest BCUT2D eigenvalue weighted by Crippen LogP contribution is 2.26. The van der Waals surface area contributed by atoms with E-state index in [4.69, 9.17) is 13.9 Å².